The molecule has 9 heteroatoms. The third-order valence-corrected chi connectivity index (χ3v) is 4.16. The Hall–Kier alpha value is -1.90. The number of halogens is 3. The molecule has 126 valence electrons. The van der Waals surface area contributed by atoms with Crippen molar-refractivity contribution in [3.63, 3.8) is 0 Å². The molecule has 3 rings (SSSR count). The maximum atomic E-state index is 12.9. The van der Waals surface area contributed by atoms with Crippen LogP contribution < -0.4 is 5.56 Å². The van der Waals surface area contributed by atoms with E-state index in [4.69, 9.17) is 4.74 Å². The van der Waals surface area contributed by atoms with Crippen LogP contribution in [-0.2, 0) is 11.2 Å². The molecule has 6 nitrogen and oxygen atoms in total. The Morgan fingerprint density at radius 3 is 2.91 bits per heavy atom. The van der Waals surface area contributed by atoms with Crippen LogP contribution in [0, 0.1) is 5.92 Å². The van der Waals surface area contributed by atoms with Gasteiger partial charge in [-0.15, -0.1) is 0 Å². The van der Waals surface area contributed by atoms with Gasteiger partial charge >= 0.3 is 6.18 Å². The highest BCUT2D eigenvalue weighted by Crippen LogP contribution is 2.31. The minimum atomic E-state index is -4.32. The molecular formula is C14H17F3N4O2. The quantitative estimate of drug-likeness (QED) is 0.933. The molecule has 1 N–H and O–H groups in total. The Labute approximate surface area is 129 Å². The maximum absolute atomic E-state index is 12.9. The summed E-state index contributed by atoms with van der Waals surface area (Å²) in [7, 11) is 0. The van der Waals surface area contributed by atoms with Crippen LogP contribution in [-0.4, -0.2) is 39.1 Å². The van der Waals surface area contributed by atoms with Crippen molar-refractivity contribution in [1.82, 2.24) is 19.7 Å². The zero-order valence-corrected chi connectivity index (χ0v) is 12.6. The SMILES string of the molecule is CCC(Cc1nc2c(cnn2C2CCOC2)c(=O)[nH]1)C(F)(F)F. The summed E-state index contributed by atoms with van der Waals surface area (Å²) in [5.41, 5.74) is -0.150. The number of aromatic amines is 1. The van der Waals surface area contributed by atoms with Crippen molar-refractivity contribution in [1.29, 1.82) is 0 Å². The summed E-state index contributed by atoms with van der Waals surface area (Å²) in [6.07, 6.45) is -2.61. The number of H-pyrrole nitrogens is 1. The van der Waals surface area contributed by atoms with Crippen molar-refractivity contribution in [2.24, 2.45) is 5.92 Å². The molecule has 1 fully saturated rings. The van der Waals surface area contributed by atoms with Crippen LogP contribution in [0.3, 0.4) is 0 Å². The van der Waals surface area contributed by atoms with Crippen molar-refractivity contribution in [2.45, 2.75) is 38.4 Å². The van der Waals surface area contributed by atoms with Gasteiger partial charge in [-0.3, -0.25) is 4.79 Å². The van der Waals surface area contributed by atoms with E-state index in [1.807, 2.05) is 0 Å². The number of alkyl halides is 3. The molecule has 0 aromatic carbocycles. The van der Waals surface area contributed by atoms with Gasteiger partial charge in [0.15, 0.2) is 5.65 Å². The third kappa shape index (κ3) is 3.10. The number of nitrogens with one attached hydrogen (secondary N) is 1. The van der Waals surface area contributed by atoms with Gasteiger partial charge in [0.1, 0.15) is 11.2 Å². The van der Waals surface area contributed by atoms with E-state index in [9.17, 15) is 18.0 Å². The fourth-order valence-corrected chi connectivity index (χ4v) is 2.79. The van der Waals surface area contributed by atoms with Crippen LogP contribution in [0.4, 0.5) is 13.2 Å². The zero-order chi connectivity index (χ0) is 16.6. The molecule has 1 aliphatic heterocycles. The molecule has 0 bridgehead atoms. The van der Waals surface area contributed by atoms with Gasteiger partial charge in [0.2, 0.25) is 0 Å². The average Bonchev–Trinajstić information content (AvgIpc) is 3.11. The second-order valence-electron chi connectivity index (χ2n) is 5.71. The summed E-state index contributed by atoms with van der Waals surface area (Å²) in [5.74, 6) is -1.50. The minimum absolute atomic E-state index is 0.0346. The molecule has 0 amide bonds. The molecule has 1 aliphatic rings. The van der Waals surface area contributed by atoms with Crippen LogP contribution in [0.5, 0.6) is 0 Å². The lowest BCUT2D eigenvalue weighted by Crippen LogP contribution is -2.26. The topological polar surface area (TPSA) is 72.8 Å². The fraction of sp³-hybridized carbons (Fsp3) is 0.643. The number of ether oxygens (including phenoxy) is 1. The zero-order valence-electron chi connectivity index (χ0n) is 12.6. The van der Waals surface area contributed by atoms with E-state index in [1.54, 1.807) is 4.68 Å². The highest BCUT2D eigenvalue weighted by Gasteiger charge is 2.38. The highest BCUT2D eigenvalue weighted by molar-refractivity contribution is 5.73. The lowest BCUT2D eigenvalue weighted by atomic mass is 10.0. The monoisotopic (exact) mass is 330 g/mol. The number of aromatic nitrogens is 4. The number of rotatable bonds is 4. The Balaban J connectivity index is 1.99. The molecule has 3 heterocycles. The van der Waals surface area contributed by atoms with Crippen molar-refractivity contribution < 1.29 is 17.9 Å². The van der Waals surface area contributed by atoms with E-state index in [0.29, 0.717) is 18.9 Å². The lowest BCUT2D eigenvalue weighted by molar-refractivity contribution is -0.175. The standard InChI is InChI=1S/C14H17F3N4O2/c1-2-8(14(15,16)17)5-11-19-12-10(13(22)20-11)6-18-21(12)9-3-4-23-7-9/h6,8-9H,2-5,7H2,1H3,(H,19,20,22). The first-order valence-corrected chi connectivity index (χ1v) is 7.51. The third-order valence-electron chi connectivity index (χ3n) is 4.16. The summed E-state index contributed by atoms with van der Waals surface area (Å²) in [4.78, 5) is 18.8. The van der Waals surface area contributed by atoms with E-state index < -0.39 is 17.7 Å². The maximum Gasteiger partial charge on any atom is 0.392 e. The van der Waals surface area contributed by atoms with E-state index in [1.165, 1.54) is 13.1 Å². The number of fused-ring (bicyclic) bond motifs is 1. The van der Waals surface area contributed by atoms with E-state index in [-0.39, 0.29) is 30.1 Å². The first-order valence-electron chi connectivity index (χ1n) is 7.51. The van der Waals surface area contributed by atoms with Gasteiger partial charge in [0.25, 0.3) is 5.56 Å². The molecule has 1 saturated heterocycles. The molecule has 0 aliphatic carbocycles. The normalized spacial score (nSPS) is 20.3. The van der Waals surface area contributed by atoms with Crippen molar-refractivity contribution in [2.75, 3.05) is 13.2 Å². The van der Waals surface area contributed by atoms with Crippen molar-refractivity contribution in [3.05, 3.63) is 22.4 Å². The van der Waals surface area contributed by atoms with Gasteiger partial charge in [-0.25, -0.2) is 9.67 Å². The van der Waals surface area contributed by atoms with E-state index in [0.717, 1.165) is 6.42 Å². The minimum Gasteiger partial charge on any atom is -0.379 e. The summed E-state index contributed by atoms with van der Waals surface area (Å²) in [6.45, 7) is 2.52. The van der Waals surface area contributed by atoms with Crippen LogP contribution in [0.1, 0.15) is 31.6 Å². The molecule has 2 unspecified atom stereocenters. The Morgan fingerprint density at radius 1 is 1.52 bits per heavy atom. The summed E-state index contributed by atoms with van der Waals surface area (Å²) in [5, 5.41) is 4.44. The molecule has 2 aromatic heterocycles. The number of nitrogens with zero attached hydrogens (tertiary/aromatic N) is 3. The van der Waals surface area contributed by atoms with Crippen LogP contribution in [0.25, 0.3) is 11.0 Å². The second-order valence-corrected chi connectivity index (χ2v) is 5.71. The highest BCUT2D eigenvalue weighted by atomic mass is 19.4. The summed E-state index contributed by atoms with van der Waals surface area (Å²) >= 11 is 0. The van der Waals surface area contributed by atoms with Crippen LogP contribution in [0.15, 0.2) is 11.0 Å². The number of hydrogen-bond acceptors (Lipinski definition) is 4. The molecule has 23 heavy (non-hydrogen) atoms. The Morgan fingerprint density at radius 2 is 2.30 bits per heavy atom. The average molecular weight is 330 g/mol. The smallest absolute Gasteiger partial charge is 0.379 e. The van der Waals surface area contributed by atoms with Gasteiger partial charge in [0, 0.05) is 13.0 Å². The molecule has 0 saturated carbocycles. The molecule has 2 atom stereocenters. The summed E-state index contributed by atoms with van der Waals surface area (Å²) in [6, 6.07) is -0.0424. The Bertz CT molecular complexity index is 747. The summed E-state index contributed by atoms with van der Waals surface area (Å²) < 4.78 is 45.7. The Kier molecular flexibility index (Phi) is 4.13. The number of hydrogen-bond donors (Lipinski definition) is 1. The molecule has 0 spiro atoms. The molecule has 2 aromatic rings. The van der Waals surface area contributed by atoms with Crippen LogP contribution in [0.2, 0.25) is 0 Å². The second kappa shape index (κ2) is 5.95. The lowest BCUT2D eigenvalue weighted by Gasteiger charge is -2.18. The van der Waals surface area contributed by atoms with Crippen molar-refractivity contribution >= 4 is 11.0 Å². The van der Waals surface area contributed by atoms with Gasteiger partial charge < -0.3 is 9.72 Å². The van der Waals surface area contributed by atoms with Crippen LogP contribution >= 0.6 is 0 Å². The molecule has 0 radical (unpaired) electrons. The largest absolute Gasteiger partial charge is 0.392 e. The first kappa shape index (κ1) is 16.0. The molecular weight excluding hydrogens is 313 g/mol. The fourth-order valence-electron chi connectivity index (χ4n) is 2.79. The van der Waals surface area contributed by atoms with Gasteiger partial charge in [-0.05, 0) is 12.8 Å². The van der Waals surface area contributed by atoms with E-state index >= 15 is 0 Å². The van der Waals surface area contributed by atoms with Gasteiger partial charge in [0.05, 0.1) is 24.8 Å². The van der Waals surface area contributed by atoms with Gasteiger partial charge in [-0.1, -0.05) is 6.92 Å². The van der Waals surface area contributed by atoms with E-state index in [2.05, 4.69) is 15.1 Å². The van der Waals surface area contributed by atoms with Crippen molar-refractivity contribution in [3.8, 4) is 0 Å². The predicted molar refractivity (Wildman–Crippen MR) is 76.2 cm³/mol. The van der Waals surface area contributed by atoms with Gasteiger partial charge in [-0.2, -0.15) is 18.3 Å². The predicted octanol–water partition coefficient (Wildman–Crippen LogP) is 2.21. The first-order chi connectivity index (χ1) is 10.9.